The molecule has 0 spiro atoms. The van der Waals surface area contributed by atoms with Gasteiger partial charge in [0, 0.05) is 6.42 Å². The van der Waals surface area contributed by atoms with E-state index in [0.717, 1.165) is 0 Å². The minimum atomic E-state index is -0.381. The van der Waals surface area contributed by atoms with E-state index in [0.29, 0.717) is 0 Å². The second-order valence-corrected chi connectivity index (χ2v) is 2.61. The van der Waals surface area contributed by atoms with Gasteiger partial charge in [-0.05, 0) is 19.8 Å². The Labute approximate surface area is 72.1 Å². The summed E-state index contributed by atoms with van der Waals surface area (Å²) in [7, 11) is 0. The van der Waals surface area contributed by atoms with E-state index in [4.69, 9.17) is 11.2 Å². The van der Waals surface area contributed by atoms with Gasteiger partial charge in [0.2, 0.25) is 5.78 Å². The Morgan fingerprint density at radius 2 is 2.00 bits per heavy atom. The molecule has 0 heterocycles. The molecule has 0 unspecified atom stereocenters. The summed E-state index contributed by atoms with van der Waals surface area (Å²) in [4.78, 5) is 21.4. The van der Waals surface area contributed by atoms with E-state index in [1.807, 2.05) is 5.92 Å². The molecule has 3 nitrogen and oxygen atoms in total. The number of carbonyl (C=O) groups is 2. The van der Waals surface area contributed by atoms with Crippen LogP contribution >= 0.6 is 0 Å². The first-order valence-electron chi connectivity index (χ1n) is 3.75. The first-order valence-corrected chi connectivity index (χ1v) is 3.75. The number of ether oxygens (including phenoxy) is 1. The number of rotatable bonds is 4. The predicted molar refractivity (Wildman–Crippen MR) is 44.3 cm³/mol. The van der Waals surface area contributed by atoms with Gasteiger partial charge in [-0.3, -0.25) is 9.59 Å². The molecule has 0 aromatic heterocycles. The van der Waals surface area contributed by atoms with Crippen molar-refractivity contribution in [3.63, 3.8) is 0 Å². The molecule has 0 saturated carbocycles. The van der Waals surface area contributed by atoms with Crippen molar-refractivity contribution in [3.8, 4) is 12.3 Å². The molecule has 0 aliphatic heterocycles. The van der Waals surface area contributed by atoms with E-state index < -0.39 is 0 Å². The summed E-state index contributed by atoms with van der Waals surface area (Å²) >= 11 is 0. The quantitative estimate of drug-likeness (QED) is 0.356. The van der Waals surface area contributed by atoms with Crippen molar-refractivity contribution in [2.75, 3.05) is 0 Å². The molecule has 0 rings (SSSR count). The van der Waals surface area contributed by atoms with Crippen LogP contribution in [0.3, 0.4) is 0 Å². The van der Waals surface area contributed by atoms with Gasteiger partial charge in [-0.15, -0.1) is 6.42 Å². The van der Waals surface area contributed by atoms with E-state index in [9.17, 15) is 9.59 Å². The molecular formula is C9H12O3. The fourth-order valence-corrected chi connectivity index (χ4v) is 0.610. The number of terminal acetylenes is 1. The summed E-state index contributed by atoms with van der Waals surface area (Å²) in [5.74, 6) is 1.18. The van der Waals surface area contributed by atoms with Crippen LogP contribution in [-0.4, -0.2) is 17.9 Å². The monoisotopic (exact) mass is 168 g/mol. The molecule has 0 bridgehead atoms. The van der Waals surface area contributed by atoms with E-state index in [1.54, 1.807) is 13.8 Å². The first-order chi connectivity index (χ1) is 5.56. The van der Waals surface area contributed by atoms with Crippen molar-refractivity contribution in [1.29, 1.82) is 0 Å². The third-order valence-electron chi connectivity index (χ3n) is 1.08. The highest BCUT2D eigenvalue weighted by atomic mass is 16.5. The maximum absolute atomic E-state index is 10.8. The number of ketones is 1. The zero-order valence-corrected chi connectivity index (χ0v) is 7.29. The Morgan fingerprint density at radius 1 is 1.42 bits per heavy atom. The second kappa shape index (κ2) is 5.36. The number of hydrogen-bond acceptors (Lipinski definition) is 3. The fourth-order valence-electron chi connectivity index (χ4n) is 0.610. The number of Topliss-reactive ketones (excluding diaryl/α,β-unsaturated/α-hetero) is 1. The Hall–Kier alpha value is -1.30. The molecule has 0 N–H and O–H groups in total. The Bertz CT molecular complexity index is 210. The summed E-state index contributed by atoms with van der Waals surface area (Å²) in [5, 5.41) is 0. The molecule has 0 radical (unpaired) electrons. The average molecular weight is 168 g/mol. The molecular weight excluding hydrogens is 156 g/mol. The van der Waals surface area contributed by atoms with Crippen molar-refractivity contribution in [1.82, 2.24) is 0 Å². The Morgan fingerprint density at radius 3 is 2.42 bits per heavy atom. The molecule has 0 aliphatic rings. The summed E-state index contributed by atoms with van der Waals surface area (Å²) in [6.45, 7) is 3.50. The lowest BCUT2D eigenvalue weighted by molar-refractivity contribution is -0.148. The van der Waals surface area contributed by atoms with Crippen LogP contribution in [0.4, 0.5) is 0 Å². The van der Waals surface area contributed by atoms with Gasteiger partial charge < -0.3 is 4.74 Å². The molecule has 0 aliphatic carbocycles. The highest BCUT2D eigenvalue weighted by Crippen LogP contribution is 1.97. The van der Waals surface area contributed by atoms with Crippen LogP contribution in [0.2, 0.25) is 0 Å². The largest absolute Gasteiger partial charge is 0.463 e. The lowest BCUT2D eigenvalue weighted by Crippen LogP contribution is -2.12. The van der Waals surface area contributed by atoms with Crippen LogP contribution in [0, 0.1) is 12.3 Å². The van der Waals surface area contributed by atoms with E-state index in [1.165, 1.54) is 0 Å². The molecule has 0 atom stereocenters. The SMILES string of the molecule is C#CC(=O)CCC(=O)OC(C)C. The molecule has 0 aromatic carbocycles. The molecule has 0 fully saturated rings. The molecule has 12 heavy (non-hydrogen) atoms. The normalized spacial score (nSPS) is 9.17. The van der Waals surface area contributed by atoms with Gasteiger partial charge in [0.05, 0.1) is 12.5 Å². The van der Waals surface area contributed by atoms with Crippen molar-refractivity contribution < 1.29 is 14.3 Å². The van der Waals surface area contributed by atoms with Crippen LogP contribution in [0.1, 0.15) is 26.7 Å². The van der Waals surface area contributed by atoms with Crippen LogP contribution in [0.25, 0.3) is 0 Å². The van der Waals surface area contributed by atoms with E-state index >= 15 is 0 Å². The summed E-state index contributed by atoms with van der Waals surface area (Å²) in [6, 6.07) is 0. The topological polar surface area (TPSA) is 43.4 Å². The molecule has 0 amide bonds. The van der Waals surface area contributed by atoms with Crippen LogP contribution < -0.4 is 0 Å². The maximum atomic E-state index is 10.8. The van der Waals surface area contributed by atoms with Gasteiger partial charge in [-0.25, -0.2) is 0 Å². The van der Waals surface area contributed by atoms with Crippen molar-refractivity contribution >= 4 is 11.8 Å². The summed E-state index contributed by atoms with van der Waals surface area (Å²) < 4.78 is 4.79. The lowest BCUT2D eigenvalue weighted by atomic mass is 10.2. The standard InChI is InChI=1S/C9H12O3/c1-4-8(10)5-6-9(11)12-7(2)3/h1,7H,5-6H2,2-3H3. The van der Waals surface area contributed by atoms with Crippen LogP contribution in [0.5, 0.6) is 0 Å². The highest BCUT2D eigenvalue weighted by molar-refractivity contribution is 5.96. The third-order valence-corrected chi connectivity index (χ3v) is 1.08. The van der Waals surface area contributed by atoms with Crippen molar-refractivity contribution in [3.05, 3.63) is 0 Å². The maximum Gasteiger partial charge on any atom is 0.306 e. The summed E-state index contributed by atoms with van der Waals surface area (Å²) in [6.07, 6.45) is 4.81. The van der Waals surface area contributed by atoms with Gasteiger partial charge in [0.1, 0.15) is 0 Å². The van der Waals surface area contributed by atoms with Crippen molar-refractivity contribution in [2.45, 2.75) is 32.8 Å². The van der Waals surface area contributed by atoms with E-state index in [2.05, 4.69) is 0 Å². The van der Waals surface area contributed by atoms with Crippen LogP contribution in [0.15, 0.2) is 0 Å². The minimum Gasteiger partial charge on any atom is -0.463 e. The van der Waals surface area contributed by atoms with E-state index in [-0.39, 0.29) is 30.7 Å². The summed E-state index contributed by atoms with van der Waals surface area (Å²) in [5.41, 5.74) is 0. The van der Waals surface area contributed by atoms with Gasteiger partial charge >= 0.3 is 5.97 Å². The molecule has 0 saturated heterocycles. The van der Waals surface area contributed by atoms with Gasteiger partial charge in [0.15, 0.2) is 0 Å². The lowest BCUT2D eigenvalue weighted by Gasteiger charge is -2.05. The van der Waals surface area contributed by atoms with Crippen molar-refractivity contribution in [2.24, 2.45) is 0 Å². The second-order valence-electron chi connectivity index (χ2n) is 2.61. The first kappa shape index (κ1) is 10.7. The highest BCUT2D eigenvalue weighted by Gasteiger charge is 2.07. The number of carbonyl (C=O) groups excluding carboxylic acids is 2. The van der Waals surface area contributed by atoms with Gasteiger partial charge in [-0.1, -0.05) is 0 Å². The average Bonchev–Trinajstić information content (AvgIpc) is 1.99. The third kappa shape index (κ3) is 5.48. The minimum absolute atomic E-state index is 0.0706. The fraction of sp³-hybridized carbons (Fsp3) is 0.556. The number of esters is 1. The molecule has 66 valence electrons. The Balaban J connectivity index is 3.59. The van der Waals surface area contributed by atoms with Gasteiger partial charge in [-0.2, -0.15) is 0 Å². The smallest absolute Gasteiger partial charge is 0.306 e. The predicted octanol–water partition coefficient (Wildman–Crippen LogP) is 0.920. The van der Waals surface area contributed by atoms with Crippen LogP contribution in [-0.2, 0) is 14.3 Å². The Kier molecular flexibility index (Phi) is 4.78. The molecule has 0 aromatic rings. The zero-order valence-electron chi connectivity index (χ0n) is 7.29. The van der Waals surface area contributed by atoms with Gasteiger partial charge in [0.25, 0.3) is 0 Å². The molecule has 3 heteroatoms. The number of hydrogen-bond donors (Lipinski definition) is 0. The zero-order chi connectivity index (χ0) is 9.56.